The normalized spacial score (nSPS) is 11.3. The van der Waals surface area contributed by atoms with Crippen LogP contribution in [0.4, 0.5) is 5.69 Å². The van der Waals surface area contributed by atoms with Gasteiger partial charge in [0.25, 0.3) is 5.69 Å². The van der Waals surface area contributed by atoms with Crippen LogP contribution < -0.4 is 0 Å². The van der Waals surface area contributed by atoms with Crippen molar-refractivity contribution < 1.29 is 4.92 Å². The number of nitro groups is 1. The molecule has 134 valence electrons. The number of hydrogen-bond acceptors (Lipinski definition) is 3. The number of benzene rings is 2. The molecule has 2 aromatic carbocycles. The maximum atomic E-state index is 10.9. The fourth-order valence-electron chi connectivity index (χ4n) is 3.02. The van der Waals surface area contributed by atoms with Crippen LogP contribution >= 0.6 is 15.9 Å². The first-order valence-corrected chi connectivity index (χ1v) is 9.01. The van der Waals surface area contributed by atoms with Gasteiger partial charge in [0.1, 0.15) is 0 Å². The third-order valence-electron chi connectivity index (χ3n) is 4.36. The number of nitriles is 1. The van der Waals surface area contributed by atoms with E-state index < -0.39 is 4.92 Å². The summed E-state index contributed by atoms with van der Waals surface area (Å²) in [4.78, 5) is 10.4. The summed E-state index contributed by atoms with van der Waals surface area (Å²) in [6.45, 7) is 3.94. The second-order valence-corrected chi connectivity index (χ2v) is 7.03. The van der Waals surface area contributed by atoms with Crippen LogP contribution in [-0.2, 0) is 0 Å². The van der Waals surface area contributed by atoms with Crippen LogP contribution in [-0.4, -0.2) is 9.49 Å². The summed E-state index contributed by atoms with van der Waals surface area (Å²) in [5, 5.41) is 20.4. The third kappa shape index (κ3) is 3.83. The van der Waals surface area contributed by atoms with E-state index in [0.717, 1.165) is 32.7 Å². The molecule has 6 heteroatoms. The maximum Gasteiger partial charge on any atom is 0.269 e. The molecule has 0 amide bonds. The van der Waals surface area contributed by atoms with E-state index in [-0.39, 0.29) is 5.69 Å². The Balaban J connectivity index is 2.03. The molecule has 1 heterocycles. The van der Waals surface area contributed by atoms with Crippen molar-refractivity contribution >= 4 is 33.3 Å². The van der Waals surface area contributed by atoms with E-state index in [1.165, 1.54) is 12.1 Å². The van der Waals surface area contributed by atoms with Crippen molar-refractivity contribution in [3.63, 3.8) is 0 Å². The minimum absolute atomic E-state index is 0.0586. The fourth-order valence-corrected chi connectivity index (χ4v) is 3.28. The van der Waals surface area contributed by atoms with Crippen molar-refractivity contribution in [2.24, 2.45) is 0 Å². The Morgan fingerprint density at radius 3 is 2.33 bits per heavy atom. The van der Waals surface area contributed by atoms with Gasteiger partial charge in [-0.15, -0.1) is 0 Å². The van der Waals surface area contributed by atoms with Crippen LogP contribution in [0.3, 0.4) is 0 Å². The highest BCUT2D eigenvalue weighted by molar-refractivity contribution is 9.10. The van der Waals surface area contributed by atoms with Gasteiger partial charge in [-0.25, -0.2) is 0 Å². The second-order valence-electron chi connectivity index (χ2n) is 6.11. The van der Waals surface area contributed by atoms with Crippen LogP contribution in [0.15, 0.2) is 59.1 Å². The van der Waals surface area contributed by atoms with Crippen LogP contribution in [0.25, 0.3) is 17.3 Å². The SMILES string of the molecule is Cc1cc(C=C(C#N)c2ccc(Br)cc2)c(C)n1-c1ccc([N+](=O)[O-])cc1. The lowest BCUT2D eigenvalue weighted by Gasteiger charge is -2.09. The zero-order chi connectivity index (χ0) is 19.6. The summed E-state index contributed by atoms with van der Waals surface area (Å²) in [5.74, 6) is 0. The van der Waals surface area contributed by atoms with Crippen molar-refractivity contribution in [1.29, 1.82) is 5.26 Å². The number of rotatable bonds is 4. The monoisotopic (exact) mass is 421 g/mol. The first kappa shape index (κ1) is 18.6. The molecule has 0 aliphatic carbocycles. The smallest absolute Gasteiger partial charge is 0.269 e. The minimum atomic E-state index is -0.412. The molecule has 0 atom stereocenters. The molecule has 0 saturated carbocycles. The summed E-state index contributed by atoms with van der Waals surface area (Å²) in [6, 6.07) is 18.3. The van der Waals surface area contributed by atoms with E-state index in [1.54, 1.807) is 12.1 Å². The quantitative estimate of drug-likeness (QED) is 0.302. The Morgan fingerprint density at radius 2 is 1.78 bits per heavy atom. The van der Waals surface area contributed by atoms with Crippen molar-refractivity contribution in [3.05, 3.63) is 91.7 Å². The van der Waals surface area contributed by atoms with E-state index in [9.17, 15) is 15.4 Å². The molecule has 3 rings (SSSR count). The molecule has 5 nitrogen and oxygen atoms in total. The predicted molar refractivity (Wildman–Crippen MR) is 110 cm³/mol. The molecule has 0 aliphatic heterocycles. The molecular formula is C21H16BrN3O2. The van der Waals surface area contributed by atoms with Gasteiger partial charge in [-0.1, -0.05) is 28.1 Å². The van der Waals surface area contributed by atoms with Crippen LogP contribution in [0, 0.1) is 35.3 Å². The van der Waals surface area contributed by atoms with Gasteiger partial charge in [0.05, 0.1) is 16.6 Å². The van der Waals surface area contributed by atoms with E-state index in [0.29, 0.717) is 5.57 Å². The minimum Gasteiger partial charge on any atom is -0.318 e. The molecule has 0 radical (unpaired) electrons. The molecule has 0 spiro atoms. The van der Waals surface area contributed by atoms with Gasteiger partial charge in [0.2, 0.25) is 0 Å². The summed E-state index contributed by atoms with van der Waals surface area (Å²) in [6.07, 6.45) is 1.87. The average Bonchev–Trinajstić information content (AvgIpc) is 2.94. The Morgan fingerprint density at radius 1 is 1.15 bits per heavy atom. The van der Waals surface area contributed by atoms with Gasteiger partial charge in [0, 0.05) is 33.7 Å². The Labute approximate surface area is 165 Å². The molecule has 0 fully saturated rings. The number of halogens is 1. The zero-order valence-corrected chi connectivity index (χ0v) is 16.4. The zero-order valence-electron chi connectivity index (χ0n) is 14.8. The number of nitro benzene ring substituents is 1. The van der Waals surface area contributed by atoms with Crippen LogP contribution in [0.5, 0.6) is 0 Å². The maximum absolute atomic E-state index is 10.9. The predicted octanol–water partition coefficient (Wildman–Crippen LogP) is 5.83. The Bertz CT molecular complexity index is 1070. The lowest BCUT2D eigenvalue weighted by Crippen LogP contribution is -1.99. The third-order valence-corrected chi connectivity index (χ3v) is 4.89. The molecule has 0 N–H and O–H groups in total. The van der Waals surface area contributed by atoms with Gasteiger partial charge in [-0.3, -0.25) is 10.1 Å². The summed E-state index contributed by atoms with van der Waals surface area (Å²) < 4.78 is 2.98. The molecule has 0 aliphatic rings. The van der Waals surface area contributed by atoms with Gasteiger partial charge < -0.3 is 4.57 Å². The molecule has 0 unspecified atom stereocenters. The fraction of sp³-hybridized carbons (Fsp3) is 0.0952. The highest BCUT2D eigenvalue weighted by Gasteiger charge is 2.12. The van der Waals surface area contributed by atoms with E-state index in [1.807, 2.05) is 54.8 Å². The number of hydrogen-bond donors (Lipinski definition) is 0. The molecular weight excluding hydrogens is 406 g/mol. The van der Waals surface area contributed by atoms with Gasteiger partial charge in [-0.05, 0) is 61.4 Å². The number of nitrogens with zero attached hydrogens (tertiary/aromatic N) is 3. The Hall–Kier alpha value is -3.17. The standard InChI is InChI=1S/C21H16BrN3O2/c1-14-11-17(12-18(13-23)16-3-5-19(22)6-4-16)15(2)24(14)20-7-9-21(10-8-20)25(26)27/h3-12H,1-2H3. The van der Waals surface area contributed by atoms with Gasteiger partial charge >= 0.3 is 0 Å². The topological polar surface area (TPSA) is 71.9 Å². The molecule has 3 aromatic rings. The van der Waals surface area contributed by atoms with Gasteiger partial charge in [-0.2, -0.15) is 5.26 Å². The number of allylic oxidation sites excluding steroid dienone is 1. The average molecular weight is 422 g/mol. The van der Waals surface area contributed by atoms with Crippen LogP contribution in [0.2, 0.25) is 0 Å². The van der Waals surface area contributed by atoms with Crippen molar-refractivity contribution in [2.45, 2.75) is 13.8 Å². The summed E-state index contributed by atoms with van der Waals surface area (Å²) >= 11 is 3.40. The van der Waals surface area contributed by atoms with E-state index >= 15 is 0 Å². The lowest BCUT2D eigenvalue weighted by atomic mass is 10.0. The van der Waals surface area contributed by atoms with Crippen LogP contribution in [0.1, 0.15) is 22.5 Å². The largest absolute Gasteiger partial charge is 0.318 e. The molecule has 1 aromatic heterocycles. The van der Waals surface area contributed by atoms with Crippen molar-refractivity contribution in [3.8, 4) is 11.8 Å². The van der Waals surface area contributed by atoms with Crippen molar-refractivity contribution in [2.75, 3.05) is 0 Å². The summed E-state index contributed by atoms with van der Waals surface area (Å²) in [5.41, 5.74) is 5.21. The van der Waals surface area contributed by atoms with Gasteiger partial charge in [0.15, 0.2) is 0 Å². The molecule has 0 bridgehead atoms. The second kappa shape index (κ2) is 7.60. The van der Waals surface area contributed by atoms with E-state index in [2.05, 4.69) is 22.0 Å². The summed E-state index contributed by atoms with van der Waals surface area (Å²) in [7, 11) is 0. The first-order valence-electron chi connectivity index (χ1n) is 8.22. The first-order chi connectivity index (χ1) is 12.9. The number of non-ortho nitro benzene ring substituents is 1. The van der Waals surface area contributed by atoms with E-state index in [4.69, 9.17) is 0 Å². The Kier molecular flexibility index (Phi) is 5.24. The molecule has 27 heavy (non-hydrogen) atoms. The number of aromatic nitrogens is 1. The lowest BCUT2D eigenvalue weighted by molar-refractivity contribution is -0.384. The highest BCUT2D eigenvalue weighted by Crippen LogP contribution is 2.26. The molecule has 0 saturated heterocycles. The highest BCUT2D eigenvalue weighted by atomic mass is 79.9. The number of aryl methyl sites for hydroxylation is 1. The van der Waals surface area contributed by atoms with Crippen molar-refractivity contribution in [1.82, 2.24) is 4.57 Å².